The van der Waals surface area contributed by atoms with E-state index in [4.69, 9.17) is 4.42 Å². The zero-order valence-electron chi connectivity index (χ0n) is 34.3. The van der Waals surface area contributed by atoms with Crippen molar-refractivity contribution >= 4 is 66.8 Å². The Kier molecular flexibility index (Phi) is 9.40. The highest BCUT2D eigenvalue weighted by molar-refractivity contribution is 6.08. The molecule has 0 atom stereocenters. The van der Waals surface area contributed by atoms with Crippen molar-refractivity contribution in [2.24, 2.45) is 0 Å². The molecule has 0 amide bonds. The van der Waals surface area contributed by atoms with Gasteiger partial charge in [0.15, 0.2) is 0 Å². The second kappa shape index (κ2) is 15.8. The van der Waals surface area contributed by atoms with Crippen molar-refractivity contribution in [3.8, 4) is 33.4 Å². The van der Waals surface area contributed by atoms with Crippen LogP contribution in [-0.4, -0.2) is 0 Å². The van der Waals surface area contributed by atoms with Crippen LogP contribution >= 0.6 is 0 Å². The lowest BCUT2D eigenvalue weighted by Gasteiger charge is -2.29. The first-order valence-electron chi connectivity index (χ1n) is 21.2. The number of furan rings is 1. The van der Waals surface area contributed by atoms with Gasteiger partial charge in [-0.3, -0.25) is 0 Å². The van der Waals surface area contributed by atoms with Gasteiger partial charge in [-0.1, -0.05) is 146 Å². The van der Waals surface area contributed by atoms with E-state index in [9.17, 15) is 0 Å². The maximum atomic E-state index is 6.57. The van der Waals surface area contributed by atoms with Crippen molar-refractivity contribution in [1.82, 2.24) is 0 Å². The molecule has 0 bridgehead atoms. The van der Waals surface area contributed by atoms with Crippen LogP contribution < -0.4 is 9.80 Å². The molecule has 1 heterocycles. The molecular formula is C59H42N2O. The molecule has 0 fully saturated rings. The molecule has 11 rings (SSSR count). The van der Waals surface area contributed by atoms with Gasteiger partial charge in [-0.05, 0) is 136 Å². The lowest BCUT2D eigenvalue weighted by atomic mass is 9.96. The third kappa shape index (κ3) is 6.86. The van der Waals surface area contributed by atoms with E-state index in [0.717, 1.165) is 89.4 Å². The van der Waals surface area contributed by atoms with Crippen LogP contribution in [0.4, 0.5) is 34.1 Å². The van der Waals surface area contributed by atoms with Crippen molar-refractivity contribution in [1.29, 1.82) is 0 Å². The molecule has 0 aliphatic rings. The average Bonchev–Trinajstić information content (AvgIpc) is 3.72. The molecule has 10 aromatic carbocycles. The molecule has 3 heteroatoms. The molecule has 62 heavy (non-hydrogen) atoms. The van der Waals surface area contributed by atoms with Crippen LogP contribution in [0.5, 0.6) is 0 Å². The summed E-state index contributed by atoms with van der Waals surface area (Å²) in [5.74, 6) is 0. The maximum absolute atomic E-state index is 6.57. The first kappa shape index (κ1) is 36.9. The highest BCUT2D eigenvalue weighted by Gasteiger charge is 2.21. The number of hydrogen-bond acceptors (Lipinski definition) is 3. The van der Waals surface area contributed by atoms with Gasteiger partial charge in [0.1, 0.15) is 11.2 Å². The van der Waals surface area contributed by atoms with E-state index < -0.39 is 0 Å². The predicted molar refractivity (Wildman–Crippen MR) is 262 cm³/mol. The van der Waals surface area contributed by atoms with Crippen LogP contribution in [-0.2, 0) is 0 Å². The van der Waals surface area contributed by atoms with Gasteiger partial charge in [0.05, 0.1) is 5.69 Å². The number of aryl methyl sites for hydroxylation is 1. The first-order valence-corrected chi connectivity index (χ1v) is 21.2. The van der Waals surface area contributed by atoms with Gasteiger partial charge in [-0.15, -0.1) is 0 Å². The van der Waals surface area contributed by atoms with Crippen LogP contribution in [0.2, 0.25) is 0 Å². The van der Waals surface area contributed by atoms with E-state index in [0.29, 0.717) is 0 Å². The molecule has 294 valence electrons. The van der Waals surface area contributed by atoms with Crippen molar-refractivity contribution in [3.05, 3.63) is 242 Å². The first-order chi connectivity index (χ1) is 30.6. The van der Waals surface area contributed by atoms with Gasteiger partial charge in [0.2, 0.25) is 0 Å². The Hall–Kier alpha value is -8.14. The molecule has 0 unspecified atom stereocenters. The molecule has 3 nitrogen and oxygen atoms in total. The SMILES string of the molecule is Cc1cccc2oc3cc(N(c4cccc(-c5cccc(-c6cccc(N(c7ccccc7)c7ccccc7)c6)c5)c4)c4cc5ccccc5cc4-c4ccccc4)ccc3c12. The van der Waals surface area contributed by atoms with Gasteiger partial charge in [0, 0.05) is 50.8 Å². The third-order valence-corrected chi connectivity index (χ3v) is 11.9. The summed E-state index contributed by atoms with van der Waals surface area (Å²) in [6.07, 6.45) is 0. The lowest BCUT2D eigenvalue weighted by Crippen LogP contribution is -2.11. The number of para-hydroxylation sites is 2. The zero-order chi connectivity index (χ0) is 41.4. The molecule has 0 aliphatic carbocycles. The molecule has 0 spiro atoms. The van der Waals surface area contributed by atoms with Crippen LogP contribution in [0.25, 0.3) is 66.1 Å². The molecule has 0 N–H and O–H groups in total. The minimum absolute atomic E-state index is 0.864. The minimum Gasteiger partial charge on any atom is -0.456 e. The van der Waals surface area contributed by atoms with E-state index in [2.05, 4.69) is 253 Å². The summed E-state index contributed by atoms with van der Waals surface area (Å²) in [4.78, 5) is 4.71. The summed E-state index contributed by atoms with van der Waals surface area (Å²) in [6, 6.07) is 84.7. The molecule has 1 aromatic heterocycles. The second-order valence-electron chi connectivity index (χ2n) is 15.8. The number of hydrogen-bond donors (Lipinski definition) is 0. The fourth-order valence-electron chi connectivity index (χ4n) is 8.95. The molecular weight excluding hydrogens is 753 g/mol. The number of benzene rings is 10. The Morgan fingerprint density at radius 3 is 1.45 bits per heavy atom. The Morgan fingerprint density at radius 1 is 0.323 bits per heavy atom. The van der Waals surface area contributed by atoms with Crippen molar-refractivity contribution in [2.75, 3.05) is 9.80 Å². The predicted octanol–water partition coefficient (Wildman–Crippen LogP) is 17.0. The quantitative estimate of drug-likeness (QED) is 0.145. The van der Waals surface area contributed by atoms with Crippen LogP contribution in [0.15, 0.2) is 241 Å². The highest BCUT2D eigenvalue weighted by atomic mass is 16.3. The van der Waals surface area contributed by atoms with E-state index in [1.54, 1.807) is 0 Å². The summed E-state index contributed by atoms with van der Waals surface area (Å²) < 4.78 is 6.57. The van der Waals surface area contributed by atoms with Crippen molar-refractivity contribution in [3.63, 3.8) is 0 Å². The standard InChI is InChI=1S/C59H42N2O/c1-41-17-13-32-57-59(41)54-34-33-53(40-58(54)62-57)61(56-39-48-21-12-11-20-47(48)38-55(56)42-18-5-2-6-19-42)52-31-16-25-46(37-52)44-23-14-22-43(35-44)45-24-15-30-51(36-45)60(49-26-7-3-8-27-49)50-28-9-4-10-29-50/h2-40H,1H3. The zero-order valence-corrected chi connectivity index (χ0v) is 34.3. The summed E-state index contributed by atoms with van der Waals surface area (Å²) in [7, 11) is 0. The molecule has 0 saturated heterocycles. The normalized spacial score (nSPS) is 11.3. The fourth-order valence-corrected chi connectivity index (χ4v) is 8.95. The Balaban J connectivity index is 1.05. The minimum atomic E-state index is 0.864. The molecule has 11 aromatic rings. The van der Waals surface area contributed by atoms with Gasteiger partial charge < -0.3 is 14.2 Å². The summed E-state index contributed by atoms with van der Waals surface area (Å²) in [6.45, 7) is 2.15. The smallest absolute Gasteiger partial charge is 0.137 e. The van der Waals surface area contributed by atoms with Crippen LogP contribution in [0, 0.1) is 6.92 Å². The van der Waals surface area contributed by atoms with Crippen LogP contribution in [0.3, 0.4) is 0 Å². The Morgan fingerprint density at radius 2 is 0.806 bits per heavy atom. The molecule has 0 radical (unpaired) electrons. The monoisotopic (exact) mass is 794 g/mol. The number of rotatable bonds is 9. The van der Waals surface area contributed by atoms with E-state index in [-0.39, 0.29) is 0 Å². The summed E-state index contributed by atoms with van der Waals surface area (Å²) in [5.41, 5.74) is 16.3. The Labute approximate surface area is 362 Å². The van der Waals surface area contributed by atoms with Crippen molar-refractivity contribution in [2.45, 2.75) is 6.92 Å². The summed E-state index contributed by atoms with van der Waals surface area (Å²) in [5, 5.41) is 4.66. The van der Waals surface area contributed by atoms with Gasteiger partial charge >= 0.3 is 0 Å². The van der Waals surface area contributed by atoms with E-state index >= 15 is 0 Å². The maximum Gasteiger partial charge on any atom is 0.137 e. The van der Waals surface area contributed by atoms with Gasteiger partial charge in [0.25, 0.3) is 0 Å². The number of anilines is 6. The number of nitrogens with zero attached hydrogens (tertiary/aromatic N) is 2. The second-order valence-corrected chi connectivity index (χ2v) is 15.8. The highest BCUT2D eigenvalue weighted by Crippen LogP contribution is 2.46. The largest absolute Gasteiger partial charge is 0.456 e. The van der Waals surface area contributed by atoms with Gasteiger partial charge in [-0.25, -0.2) is 0 Å². The Bertz CT molecular complexity index is 3330. The summed E-state index contributed by atoms with van der Waals surface area (Å²) >= 11 is 0. The van der Waals surface area contributed by atoms with Gasteiger partial charge in [-0.2, -0.15) is 0 Å². The fraction of sp³-hybridized carbons (Fsp3) is 0.0169. The lowest BCUT2D eigenvalue weighted by molar-refractivity contribution is 0.669. The molecule has 0 saturated carbocycles. The number of fused-ring (bicyclic) bond motifs is 4. The van der Waals surface area contributed by atoms with Crippen molar-refractivity contribution < 1.29 is 4.42 Å². The topological polar surface area (TPSA) is 19.6 Å². The molecule has 0 aliphatic heterocycles. The average molecular weight is 795 g/mol. The van der Waals surface area contributed by atoms with E-state index in [1.807, 2.05) is 0 Å². The third-order valence-electron chi connectivity index (χ3n) is 11.9. The van der Waals surface area contributed by atoms with E-state index in [1.165, 1.54) is 16.3 Å². The van der Waals surface area contributed by atoms with Crippen LogP contribution in [0.1, 0.15) is 5.56 Å².